The van der Waals surface area contributed by atoms with Crippen molar-refractivity contribution in [3.63, 3.8) is 0 Å². The lowest BCUT2D eigenvalue weighted by atomic mass is 10.0. The number of benzene rings is 1. The van der Waals surface area contributed by atoms with Gasteiger partial charge in [-0.05, 0) is 24.0 Å². The normalized spacial score (nSPS) is 13.8. The van der Waals surface area contributed by atoms with E-state index in [2.05, 4.69) is 30.6 Å². The molecule has 0 aliphatic rings. The van der Waals surface area contributed by atoms with Crippen molar-refractivity contribution in [3.8, 4) is 0 Å². The number of carbonyl (C=O) groups excluding carboxylic acids is 1. The van der Waals surface area contributed by atoms with Crippen LogP contribution in [0.5, 0.6) is 0 Å². The number of hydrogen-bond donors (Lipinski definition) is 0. The average Bonchev–Trinajstić information content (AvgIpc) is 2.53. The van der Waals surface area contributed by atoms with Crippen LogP contribution in [0, 0.1) is 0 Å². The Hall–Kier alpha value is -1.55. The number of carbonyl (C=O) groups is 1. The molecule has 1 unspecified atom stereocenters. The van der Waals surface area contributed by atoms with Gasteiger partial charge in [-0.25, -0.2) is 4.79 Å². The van der Waals surface area contributed by atoms with Crippen LogP contribution in [0.4, 0.5) is 0 Å². The third kappa shape index (κ3) is 6.63. The second-order valence-electron chi connectivity index (χ2n) is 4.71. The first-order chi connectivity index (χ1) is 10.2. The van der Waals surface area contributed by atoms with Crippen LogP contribution in [-0.4, -0.2) is 36.8 Å². The quantitative estimate of drug-likeness (QED) is 0.396. The summed E-state index contributed by atoms with van der Waals surface area (Å²) >= 11 is 1.70. The highest BCUT2D eigenvalue weighted by Crippen LogP contribution is 2.13. The third-order valence-corrected chi connectivity index (χ3v) is 3.67. The molecule has 0 saturated heterocycles. The third-order valence-electron chi connectivity index (χ3n) is 3.03. The molecule has 0 spiro atoms. The summed E-state index contributed by atoms with van der Waals surface area (Å²) in [6.07, 6.45) is 6.12. The Balaban J connectivity index is 2.67. The van der Waals surface area contributed by atoms with Crippen molar-refractivity contribution in [1.29, 1.82) is 0 Å². The Morgan fingerprint density at radius 2 is 2.14 bits per heavy atom. The van der Waals surface area contributed by atoms with Gasteiger partial charge in [-0.2, -0.15) is 11.8 Å². The van der Waals surface area contributed by atoms with Crippen LogP contribution < -0.4 is 0 Å². The molecule has 114 valence electrons. The van der Waals surface area contributed by atoms with E-state index >= 15 is 0 Å². The van der Waals surface area contributed by atoms with E-state index in [4.69, 9.17) is 4.74 Å². The van der Waals surface area contributed by atoms with E-state index in [1.165, 1.54) is 5.56 Å². The van der Waals surface area contributed by atoms with Crippen LogP contribution >= 0.6 is 11.8 Å². The predicted molar refractivity (Wildman–Crippen MR) is 91.3 cm³/mol. The topological polar surface area (TPSA) is 38.7 Å². The lowest BCUT2D eigenvalue weighted by Crippen LogP contribution is -2.23. The highest BCUT2D eigenvalue weighted by Gasteiger charge is 2.18. The van der Waals surface area contributed by atoms with Gasteiger partial charge in [0.1, 0.15) is 12.6 Å². The van der Waals surface area contributed by atoms with E-state index in [-0.39, 0.29) is 18.5 Å². The largest absolute Gasteiger partial charge is 0.460 e. The van der Waals surface area contributed by atoms with Gasteiger partial charge >= 0.3 is 5.97 Å². The number of hydrogen-bond acceptors (Lipinski definition) is 4. The van der Waals surface area contributed by atoms with Gasteiger partial charge in [-0.3, -0.25) is 4.99 Å². The zero-order chi connectivity index (χ0) is 15.5. The minimum absolute atomic E-state index is 0.176. The number of esters is 1. The van der Waals surface area contributed by atoms with Crippen LogP contribution in [-0.2, 0) is 9.53 Å². The maximum Gasteiger partial charge on any atom is 0.331 e. The van der Waals surface area contributed by atoms with Gasteiger partial charge in [0, 0.05) is 12.1 Å². The van der Waals surface area contributed by atoms with Crippen LogP contribution in [0.3, 0.4) is 0 Å². The molecule has 2 atom stereocenters. The molecule has 1 rings (SSSR count). The molecule has 4 heteroatoms. The van der Waals surface area contributed by atoms with Crippen molar-refractivity contribution in [1.82, 2.24) is 0 Å². The Morgan fingerprint density at radius 3 is 2.76 bits per heavy atom. The van der Waals surface area contributed by atoms with Crippen molar-refractivity contribution in [2.24, 2.45) is 4.99 Å². The standard InChI is InChI=1S/C17H23NO2S/c1-4-11-20-17(19)16(10-12-21-3)18-13-14(2)15-8-6-5-7-9-15/h4-9,13-14,16H,1,10-12H2,2-3H3/t14?,16-/m0/s1. The van der Waals surface area contributed by atoms with Crippen molar-refractivity contribution < 1.29 is 9.53 Å². The summed E-state index contributed by atoms with van der Waals surface area (Å²) in [7, 11) is 0. The maximum absolute atomic E-state index is 12.0. The summed E-state index contributed by atoms with van der Waals surface area (Å²) < 4.78 is 5.11. The van der Waals surface area contributed by atoms with E-state index in [0.29, 0.717) is 6.42 Å². The van der Waals surface area contributed by atoms with Gasteiger partial charge in [0.25, 0.3) is 0 Å². The van der Waals surface area contributed by atoms with Crippen molar-refractivity contribution >= 4 is 23.9 Å². The second-order valence-corrected chi connectivity index (χ2v) is 5.70. The zero-order valence-electron chi connectivity index (χ0n) is 12.7. The monoisotopic (exact) mass is 305 g/mol. The molecule has 0 saturated carbocycles. The smallest absolute Gasteiger partial charge is 0.331 e. The maximum atomic E-state index is 12.0. The summed E-state index contributed by atoms with van der Waals surface area (Å²) in [6, 6.07) is 9.68. The van der Waals surface area contributed by atoms with E-state index in [1.54, 1.807) is 17.8 Å². The fourth-order valence-corrected chi connectivity index (χ4v) is 2.25. The molecular weight excluding hydrogens is 282 g/mol. The summed E-state index contributed by atoms with van der Waals surface area (Å²) in [4.78, 5) is 16.4. The van der Waals surface area contributed by atoms with E-state index < -0.39 is 6.04 Å². The molecule has 0 radical (unpaired) electrons. The summed E-state index contributed by atoms with van der Waals surface area (Å²) in [5, 5.41) is 0. The van der Waals surface area contributed by atoms with E-state index in [9.17, 15) is 4.79 Å². The Labute approximate surface area is 131 Å². The van der Waals surface area contributed by atoms with Crippen molar-refractivity contribution in [2.75, 3.05) is 18.6 Å². The molecule has 0 aromatic heterocycles. The minimum atomic E-state index is -0.427. The fraction of sp³-hybridized carbons (Fsp3) is 0.412. The van der Waals surface area contributed by atoms with Crippen LogP contribution in [0.1, 0.15) is 24.8 Å². The fourth-order valence-electron chi connectivity index (χ4n) is 1.80. The number of ether oxygens (including phenoxy) is 1. The number of rotatable bonds is 9. The van der Waals surface area contributed by atoms with Gasteiger partial charge in [0.15, 0.2) is 0 Å². The number of nitrogens with zero attached hydrogens (tertiary/aromatic N) is 1. The first kappa shape index (κ1) is 17.5. The molecule has 0 amide bonds. The molecule has 1 aromatic rings. The number of aliphatic imine (C=N–C) groups is 1. The van der Waals surface area contributed by atoms with Gasteiger partial charge < -0.3 is 4.74 Å². The number of thioether (sulfide) groups is 1. The van der Waals surface area contributed by atoms with Crippen molar-refractivity contribution in [2.45, 2.75) is 25.3 Å². The molecule has 0 N–H and O–H groups in total. The van der Waals surface area contributed by atoms with Crippen molar-refractivity contribution in [3.05, 3.63) is 48.6 Å². The highest BCUT2D eigenvalue weighted by atomic mass is 32.2. The van der Waals surface area contributed by atoms with E-state index in [1.807, 2.05) is 30.7 Å². The van der Waals surface area contributed by atoms with Crippen LogP contribution in [0.25, 0.3) is 0 Å². The average molecular weight is 305 g/mol. The summed E-state index contributed by atoms with van der Waals surface area (Å²) in [6.45, 7) is 5.85. The second kappa shape index (κ2) is 10.2. The predicted octanol–water partition coefficient (Wildman–Crippen LogP) is 3.71. The molecule has 0 bridgehead atoms. The van der Waals surface area contributed by atoms with E-state index in [0.717, 1.165) is 5.75 Å². The Kier molecular flexibility index (Phi) is 8.51. The highest BCUT2D eigenvalue weighted by molar-refractivity contribution is 7.98. The first-order valence-electron chi connectivity index (χ1n) is 7.03. The molecule has 1 aromatic carbocycles. The Morgan fingerprint density at radius 1 is 1.43 bits per heavy atom. The minimum Gasteiger partial charge on any atom is -0.460 e. The van der Waals surface area contributed by atoms with Gasteiger partial charge in [-0.1, -0.05) is 49.9 Å². The Bertz CT molecular complexity index is 459. The molecule has 3 nitrogen and oxygen atoms in total. The molecular formula is C17H23NO2S. The van der Waals surface area contributed by atoms with Crippen LogP contribution in [0.2, 0.25) is 0 Å². The lowest BCUT2D eigenvalue weighted by Gasteiger charge is -2.12. The molecule has 0 aliphatic carbocycles. The summed E-state index contributed by atoms with van der Waals surface area (Å²) in [5.74, 6) is 0.779. The lowest BCUT2D eigenvalue weighted by molar-refractivity contribution is -0.143. The van der Waals surface area contributed by atoms with Gasteiger partial charge in [0.2, 0.25) is 0 Å². The molecule has 0 fully saturated rings. The molecule has 0 heterocycles. The van der Waals surface area contributed by atoms with Gasteiger partial charge in [0.05, 0.1) is 0 Å². The van der Waals surface area contributed by atoms with Crippen LogP contribution in [0.15, 0.2) is 48.0 Å². The zero-order valence-corrected chi connectivity index (χ0v) is 13.5. The molecule has 0 aliphatic heterocycles. The summed E-state index contributed by atoms with van der Waals surface area (Å²) in [5.41, 5.74) is 1.18. The van der Waals surface area contributed by atoms with Gasteiger partial charge in [-0.15, -0.1) is 0 Å². The first-order valence-corrected chi connectivity index (χ1v) is 8.43. The molecule has 21 heavy (non-hydrogen) atoms. The SMILES string of the molecule is C=CCOC(=O)[C@H](CCSC)N=CC(C)c1ccccc1.